The fraction of sp³-hybridized carbons (Fsp3) is 0.250. The first-order valence-electron chi connectivity index (χ1n) is 6.47. The van der Waals surface area contributed by atoms with Gasteiger partial charge < -0.3 is 10.1 Å². The molecular weight excluding hydrogens is 302 g/mol. The van der Waals surface area contributed by atoms with Crippen LogP contribution in [0.3, 0.4) is 0 Å². The summed E-state index contributed by atoms with van der Waals surface area (Å²) in [5.41, 5.74) is 5.05. The Morgan fingerprint density at radius 2 is 2.11 bits per heavy atom. The number of ether oxygens (including phenoxy) is 1. The molecule has 0 saturated carbocycles. The number of fused-ring (bicyclic) bond motifs is 1. The van der Waals surface area contributed by atoms with Crippen molar-refractivity contribution in [1.29, 1.82) is 0 Å². The summed E-state index contributed by atoms with van der Waals surface area (Å²) in [5, 5.41) is 3.49. The molecule has 0 atom stereocenters. The molecular formula is C16H16BrNO. The summed E-state index contributed by atoms with van der Waals surface area (Å²) in [6.07, 6.45) is 1.03. The van der Waals surface area contributed by atoms with Crippen LogP contribution in [0.2, 0.25) is 0 Å². The van der Waals surface area contributed by atoms with Crippen LogP contribution in [0.5, 0.6) is 5.75 Å². The van der Waals surface area contributed by atoms with E-state index >= 15 is 0 Å². The second-order valence-electron chi connectivity index (χ2n) is 4.85. The molecule has 2 nitrogen and oxygen atoms in total. The Hall–Kier alpha value is -1.48. The normalized spacial score (nSPS) is 12.9. The molecule has 1 N–H and O–H groups in total. The van der Waals surface area contributed by atoms with Crippen LogP contribution in [0.25, 0.3) is 0 Å². The Kier molecular flexibility index (Phi) is 3.47. The first-order chi connectivity index (χ1) is 9.22. The maximum Gasteiger partial charge on any atom is 0.122 e. The van der Waals surface area contributed by atoms with Crippen molar-refractivity contribution in [2.45, 2.75) is 19.9 Å². The predicted molar refractivity (Wildman–Crippen MR) is 81.8 cm³/mol. The van der Waals surface area contributed by atoms with Gasteiger partial charge in [-0.05, 0) is 41.8 Å². The van der Waals surface area contributed by atoms with Gasteiger partial charge in [-0.3, -0.25) is 0 Å². The smallest absolute Gasteiger partial charge is 0.122 e. The van der Waals surface area contributed by atoms with Crippen LogP contribution in [0.15, 0.2) is 40.9 Å². The van der Waals surface area contributed by atoms with E-state index in [-0.39, 0.29) is 0 Å². The van der Waals surface area contributed by atoms with Gasteiger partial charge in [-0.2, -0.15) is 0 Å². The fourth-order valence-electron chi connectivity index (χ4n) is 2.33. The van der Waals surface area contributed by atoms with Crippen LogP contribution in [-0.4, -0.2) is 6.61 Å². The van der Waals surface area contributed by atoms with Crippen LogP contribution in [0.1, 0.15) is 16.7 Å². The zero-order chi connectivity index (χ0) is 13.2. The van der Waals surface area contributed by atoms with Gasteiger partial charge in [-0.25, -0.2) is 0 Å². The summed E-state index contributed by atoms with van der Waals surface area (Å²) in [4.78, 5) is 0. The third kappa shape index (κ3) is 2.76. The molecule has 0 aromatic heterocycles. The number of nitrogens with one attached hydrogen (secondary N) is 1. The molecule has 0 radical (unpaired) electrons. The number of halogens is 1. The van der Waals surface area contributed by atoms with Crippen molar-refractivity contribution in [3.8, 4) is 5.75 Å². The van der Waals surface area contributed by atoms with Gasteiger partial charge in [-0.15, -0.1) is 0 Å². The summed E-state index contributed by atoms with van der Waals surface area (Å²) < 4.78 is 6.62. The zero-order valence-electron chi connectivity index (χ0n) is 10.9. The molecule has 3 rings (SSSR count). The zero-order valence-corrected chi connectivity index (χ0v) is 12.5. The third-order valence-electron chi connectivity index (χ3n) is 3.44. The highest BCUT2D eigenvalue weighted by Gasteiger charge is 2.11. The number of anilines is 1. The van der Waals surface area contributed by atoms with Crippen molar-refractivity contribution in [3.63, 3.8) is 0 Å². The summed E-state index contributed by atoms with van der Waals surface area (Å²) >= 11 is 3.51. The van der Waals surface area contributed by atoms with E-state index in [1.54, 1.807) is 0 Å². The highest BCUT2D eigenvalue weighted by molar-refractivity contribution is 9.10. The van der Waals surface area contributed by atoms with Gasteiger partial charge in [0.1, 0.15) is 5.75 Å². The maximum absolute atomic E-state index is 5.52. The van der Waals surface area contributed by atoms with Crippen LogP contribution < -0.4 is 10.1 Å². The predicted octanol–water partition coefficient (Wildman–Crippen LogP) is 4.30. The average Bonchev–Trinajstić information content (AvgIpc) is 2.87. The summed E-state index contributed by atoms with van der Waals surface area (Å²) in [7, 11) is 0. The van der Waals surface area contributed by atoms with Crippen molar-refractivity contribution in [2.24, 2.45) is 0 Å². The van der Waals surface area contributed by atoms with Gasteiger partial charge in [0.05, 0.1) is 6.61 Å². The largest absolute Gasteiger partial charge is 0.493 e. The molecule has 1 aliphatic heterocycles. The van der Waals surface area contributed by atoms with E-state index in [4.69, 9.17) is 4.74 Å². The Labute approximate surface area is 121 Å². The summed E-state index contributed by atoms with van der Waals surface area (Å²) in [6.45, 7) is 3.77. The van der Waals surface area contributed by atoms with Crippen molar-refractivity contribution in [3.05, 3.63) is 57.6 Å². The van der Waals surface area contributed by atoms with Gasteiger partial charge in [0.2, 0.25) is 0 Å². The monoisotopic (exact) mass is 317 g/mol. The van der Waals surface area contributed by atoms with Crippen LogP contribution >= 0.6 is 15.9 Å². The van der Waals surface area contributed by atoms with E-state index in [2.05, 4.69) is 64.6 Å². The lowest BCUT2D eigenvalue weighted by atomic mass is 10.1. The standard InChI is InChI=1S/C16H16BrNO/c1-11-2-4-14(17)9-15(11)18-10-12-3-5-16-13(8-12)6-7-19-16/h2-5,8-9,18H,6-7,10H2,1H3. The number of hydrogen-bond acceptors (Lipinski definition) is 2. The van der Waals surface area contributed by atoms with E-state index in [0.29, 0.717) is 0 Å². The molecule has 0 fully saturated rings. The van der Waals surface area contributed by atoms with Crippen LogP contribution in [-0.2, 0) is 13.0 Å². The Morgan fingerprint density at radius 1 is 1.21 bits per heavy atom. The van der Waals surface area contributed by atoms with Crippen molar-refractivity contribution >= 4 is 21.6 Å². The highest BCUT2D eigenvalue weighted by atomic mass is 79.9. The molecule has 0 aliphatic carbocycles. The minimum Gasteiger partial charge on any atom is -0.493 e. The molecule has 2 aromatic carbocycles. The van der Waals surface area contributed by atoms with E-state index in [0.717, 1.165) is 29.8 Å². The molecule has 0 amide bonds. The molecule has 0 unspecified atom stereocenters. The first kappa shape index (κ1) is 12.5. The van der Waals surface area contributed by atoms with Crippen molar-refractivity contribution in [2.75, 3.05) is 11.9 Å². The van der Waals surface area contributed by atoms with Gasteiger partial charge in [0.15, 0.2) is 0 Å². The molecule has 2 aromatic rings. The van der Waals surface area contributed by atoms with Crippen molar-refractivity contribution < 1.29 is 4.74 Å². The van der Waals surface area contributed by atoms with Gasteiger partial charge in [-0.1, -0.05) is 34.1 Å². The van der Waals surface area contributed by atoms with E-state index < -0.39 is 0 Å². The summed E-state index contributed by atoms with van der Waals surface area (Å²) in [5.74, 6) is 1.04. The number of rotatable bonds is 3. The minimum absolute atomic E-state index is 0.816. The summed E-state index contributed by atoms with van der Waals surface area (Å²) in [6, 6.07) is 12.7. The quantitative estimate of drug-likeness (QED) is 0.911. The SMILES string of the molecule is Cc1ccc(Br)cc1NCc1ccc2c(c1)CCO2. The second-order valence-corrected chi connectivity index (χ2v) is 5.77. The molecule has 0 saturated heterocycles. The maximum atomic E-state index is 5.52. The van der Waals surface area contributed by atoms with Gasteiger partial charge in [0.25, 0.3) is 0 Å². The van der Waals surface area contributed by atoms with Gasteiger partial charge >= 0.3 is 0 Å². The molecule has 1 heterocycles. The minimum atomic E-state index is 0.816. The van der Waals surface area contributed by atoms with Crippen LogP contribution in [0, 0.1) is 6.92 Å². The van der Waals surface area contributed by atoms with E-state index in [1.165, 1.54) is 22.4 Å². The Bertz CT molecular complexity index is 610. The number of aryl methyl sites for hydroxylation is 1. The third-order valence-corrected chi connectivity index (χ3v) is 3.93. The average molecular weight is 318 g/mol. The lowest BCUT2D eigenvalue weighted by Crippen LogP contribution is -2.01. The molecule has 98 valence electrons. The Morgan fingerprint density at radius 3 is 3.00 bits per heavy atom. The molecule has 0 spiro atoms. The van der Waals surface area contributed by atoms with E-state index in [1.807, 2.05) is 0 Å². The molecule has 3 heteroatoms. The second kappa shape index (κ2) is 5.25. The van der Waals surface area contributed by atoms with E-state index in [9.17, 15) is 0 Å². The Balaban J connectivity index is 1.74. The molecule has 0 bridgehead atoms. The fourth-order valence-corrected chi connectivity index (χ4v) is 2.69. The van der Waals surface area contributed by atoms with Crippen LogP contribution in [0.4, 0.5) is 5.69 Å². The first-order valence-corrected chi connectivity index (χ1v) is 7.26. The lowest BCUT2D eigenvalue weighted by Gasteiger charge is -2.11. The topological polar surface area (TPSA) is 21.3 Å². The number of hydrogen-bond donors (Lipinski definition) is 1. The molecule has 1 aliphatic rings. The lowest BCUT2D eigenvalue weighted by molar-refractivity contribution is 0.357. The highest BCUT2D eigenvalue weighted by Crippen LogP contribution is 2.27. The number of benzene rings is 2. The van der Waals surface area contributed by atoms with Crippen molar-refractivity contribution in [1.82, 2.24) is 0 Å². The van der Waals surface area contributed by atoms with Gasteiger partial charge in [0, 0.05) is 23.1 Å². The molecule has 19 heavy (non-hydrogen) atoms.